The van der Waals surface area contributed by atoms with E-state index in [0.29, 0.717) is 11.8 Å². The molecule has 206 valence electrons. The molecule has 3 saturated heterocycles. The molecule has 1 N–H and O–H groups in total. The molecule has 0 radical (unpaired) electrons. The molecule has 1 amide bonds. The topological polar surface area (TPSA) is 87.9 Å². The average molecular weight is 646 g/mol. The number of halogens is 4. The maximum atomic E-state index is 13.3. The first-order valence-corrected chi connectivity index (χ1v) is 16.7. The van der Waals surface area contributed by atoms with Gasteiger partial charge in [-0.1, -0.05) is 18.2 Å². The van der Waals surface area contributed by atoms with Crippen LogP contribution in [0.5, 0.6) is 0 Å². The van der Waals surface area contributed by atoms with E-state index in [1.807, 2.05) is 23.1 Å². The van der Waals surface area contributed by atoms with Crippen LogP contribution in [-0.4, -0.2) is 63.5 Å². The van der Waals surface area contributed by atoms with Gasteiger partial charge in [0.15, 0.2) is 0 Å². The third kappa shape index (κ3) is 6.16. The van der Waals surface area contributed by atoms with Crippen molar-refractivity contribution < 1.29 is 27.6 Å². The number of likely N-dealkylation sites (tertiary alicyclic amines) is 1. The Morgan fingerprint density at radius 2 is 1.71 bits per heavy atom. The number of amides is 1. The molecular weight excluding hydrogens is 616 g/mol. The fourth-order valence-electron chi connectivity index (χ4n) is 5.47. The minimum atomic E-state index is -4.79. The summed E-state index contributed by atoms with van der Waals surface area (Å²) in [6, 6.07) is 13.4. The summed E-state index contributed by atoms with van der Waals surface area (Å²) in [6.07, 6.45) is -3.33. The summed E-state index contributed by atoms with van der Waals surface area (Å²) in [5, 5.41) is 11.0. The van der Waals surface area contributed by atoms with Crippen molar-refractivity contribution >= 4 is 43.1 Å². The molecule has 2 aromatic rings. The van der Waals surface area contributed by atoms with Gasteiger partial charge in [-0.05, 0) is 12.1 Å². The Balaban J connectivity index is 1.05. The molecule has 0 aliphatic carbocycles. The molecule has 5 rings (SSSR count). The Hall–Kier alpha value is -2.61. The van der Waals surface area contributed by atoms with Crippen molar-refractivity contribution in [3.63, 3.8) is 0 Å². The Kier molecular flexibility index (Phi) is 7.98. The van der Waals surface area contributed by atoms with E-state index in [-0.39, 0.29) is 24.3 Å². The van der Waals surface area contributed by atoms with Crippen molar-refractivity contribution in [2.75, 3.05) is 50.1 Å². The molecule has 2 unspecified atom stereocenters. The van der Waals surface area contributed by atoms with Gasteiger partial charge in [-0.15, -0.1) is 0 Å². The molecule has 38 heavy (non-hydrogen) atoms. The van der Waals surface area contributed by atoms with E-state index >= 15 is 0 Å². The van der Waals surface area contributed by atoms with Gasteiger partial charge in [-0.2, -0.15) is 0 Å². The van der Waals surface area contributed by atoms with Crippen LogP contribution in [0.1, 0.15) is 18.4 Å². The number of nitro benzene ring substituents is 1. The van der Waals surface area contributed by atoms with Crippen molar-refractivity contribution in [1.29, 1.82) is 0 Å². The van der Waals surface area contributed by atoms with E-state index in [1.54, 1.807) is 0 Å². The van der Waals surface area contributed by atoms with E-state index in [4.69, 9.17) is 4.74 Å². The second-order valence-corrected chi connectivity index (χ2v) is 15.3. The summed E-state index contributed by atoms with van der Waals surface area (Å²) in [5.41, 5.74) is -0.678. The van der Waals surface area contributed by atoms with Gasteiger partial charge in [0, 0.05) is 0 Å². The molecule has 8 nitrogen and oxygen atoms in total. The standard InChI is InChI=1S/C26H30F3IN4O4/c27-26(28,29)23-12-20(6-7-24(23)34(36)37)31-30-10-8-22(9-11-30)38-17-25(35)33-15-18-13-32(14-19(18)16-33)21-4-2-1-3-5-21/h1-7,12,18-19,22,31H,8-11,13-17H2. The van der Waals surface area contributed by atoms with Gasteiger partial charge in [0.05, 0.1) is 0 Å². The predicted octanol–water partition coefficient (Wildman–Crippen LogP) is 5.22. The van der Waals surface area contributed by atoms with E-state index in [1.165, 1.54) is 11.8 Å². The number of fused-ring (bicyclic) bond motifs is 1. The van der Waals surface area contributed by atoms with Gasteiger partial charge < -0.3 is 0 Å². The number of hydrogen-bond donors (Lipinski definition) is 1. The van der Waals surface area contributed by atoms with Gasteiger partial charge in [0.2, 0.25) is 0 Å². The van der Waals surface area contributed by atoms with Crippen LogP contribution >= 0.6 is 20.1 Å². The van der Waals surface area contributed by atoms with Gasteiger partial charge in [0.25, 0.3) is 0 Å². The van der Waals surface area contributed by atoms with Crippen molar-refractivity contribution in [3.8, 4) is 0 Å². The SMILES string of the molecule is O=C(COC1CCI(Nc2ccc([N+](=O)[O-])c(C(F)(F)F)c2)CC1)N1CC2CN(c3ccccc3)CC2C1. The van der Waals surface area contributed by atoms with Gasteiger partial charge in [-0.3, -0.25) is 0 Å². The molecule has 0 bridgehead atoms. The second-order valence-electron chi connectivity index (χ2n) is 9.99. The van der Waals surface area contributed by atoms with Gasteiger partial charge in [-0.25, -0.2) is 0 Å². The van der Waals surface area contributed by atoms with Crippen molar-refractivity contribution in [1.82, 2.24) is 4.90 Å². The number of rotatable bonds is 7. The molecule has 12 heteroatoms. The molecule has 3 aliphatic heterocycles. The van der Waals surface area contributed by atoms with Crippen LogP contribution in [0, 0.1) is 22.0 Å². The summed E-state index contributed by atoms with van der Waals surface area (Å²) >= 11 is -1.79. The summed E-state index contributed by atoms with van der Waals surface area (Å²) in [4.78, 5) is 27.1. The number of carbonyl (C=O) groups excluding carboxylic acids is 1. The Labute approximate surface area is 226 Å². The second kappa shape index (κ2) is 11.2. The first-order chi connectivity index (χ1) is 18.2. The summed E-state index contributed by atoms with van der Waals surface area (Å²) in [6.45, 7) is 3.50. The van der Waals surface area contributed by atoms with Crippen LogP contribution in [0.25, 0.3) is 0 Å². The number of hydrogen-bond acceptors (Lipinski definition) is 6. The third-order valence-corrected chi connectivity index (χ3v) is 12.7. The Morgan fingerprint density at radius 3 is 2.32 bits per heavy atom. The van der Waals surface area contributed by atoms with E-state index < -0.39 is 42.4 Å². The third-order valence-electron chi connectivity index (χ3n) is 7.46. The molecule has 3 aliphatic rings. The van der Waals surface area contributed by atoms with E-state index in [2.05, 4.69) is 20.6 Å². The van der Waals surface area contributed by atoms with E-state index in [9.17, 15) is 28.1 Å². The number of ether oxygens (including phenoxy) is 1. The molecule has 0 spiro atoms. The van der Waals surface area contributed by atoms with Crippen molar-refractivity contribution in [2.45, 2.75) is 25.1 Å². The Bertz CT molecular complexity index is 1150. The number of anilines is 2. The molecule has 0 aromatic heterocycles. The monoisotopic (exact) mass is 646 g/mol. The fraction of sp³-hybridized carbons (Fsp3) is 0.500. The van der Waals surface area contributed by atoms with E-state index in [0.717, 1.165) is 60.0 Å². The molecule has 0 saturated carbocycles. The van der Waals surface area contributed by atoms with Gasteiger partial charge >= 0.3 is 196 Å². The normalized spacial score (nSPS) is 23.0. The zero-order chi connectivity index (χ0) is 26.9. The number of nitrogens with one attached hydrogen (secondary N) is 1. The molecule has 2 atom stereocenters. The van der Waals surface area contributed by atoms with Crippen LogP contribution in [0.15, 0.2) is 48.5 Å². The van der Waals surface area contributed by atoms with Crippen LogP contribution in [-0.2, 0) is 15.7 Å². The van der Waals surface area contributed by atoms with Crippen molar-refractivity contribution in [2.24, 2.45) is 11.8 Å². The molecule has 3 fully saturated rings. The molecule has 3 heterocycles. The van der Waals surface area contributed by atoms with Crippen LogP contribution in [0.3, 0.4) is 0 Å². The quantitative estimate of drug-likeness (QED) is 0.146. The maximum absolute atomic E-state index is 13.3. The first kappa shape index (κ1) is 27.0. The van der Waals surface area contributed by atoms with Crippen LogP contribution in [0.4, 0.5) is 30.2 Å². The first-order valence-electron chi connectivity index (χ1n) is 12.6. The summed E-state index contributed by atoms with van der Waals surface area (Å²) in [5.74, 6) is 0.977. The zero-order valence-corrected chi connectivity index (χ0v) is 22.9. The predicted molar refractivity (Wildman–Crippen MR) is 147 cm³/mol. The number of carbonyl (C=O) groups is 1. The number of nitrogens with zero attached hydrogens (tertiary/aromatic N) is 3. The molecule has 2 aromatic carbocycles. The number of nitro groups is 1. The number of para-hydroxylation sites is 1. The van der Waals surface area contributed by atoms with Gasteiger partial charge in [0.1, 0.15) is 0 Å². The van der Waals surface area contributed by atoms with Crippen LogP contribution < -0.4 is 8.43 Å². The van der Waals surface area contributed by atoms with Crippen LogP contribution in [0.2, 0.25) is 0 Å². The minimum absolute atomic E-state index is 0.0234. The summed E-state index contributed by atoms with van der Waals surface area (Å²) < 4.78 is 50.6. The average Bonchev–Trinajstić information content (AvgIpc) is 3.48. The van der Waals surface area contributed by atoms with Crippen molar-refractivity contribution in [3.05, 3.63) is 64.2 Å². The Morgan fingerprint density at radius 1 is 1.05 bits per heavy atom. The number of alkyl halides is 5. The zero-order valence-electron chi connectivity index (χ0n) is 20.7. The number of benzene rings is 2. The summed E-state index contributed by atoms with van der Waals surface area (Å²) in [7, 11) is 0. The fourth-order valence-corrected chi connectivity index (χ4v) is 10.7. The molecular formula is C26H30F3IN4O4.